The van der Waals surface area contributed by atoms with Gasteiger partial charge in [0.2, 0.25) is 0 Å². The monoisotopic (exact) mass is 274 g/mol. The highest BCUT2D eigenvalue weighted by atomic mass is 32.1. The number of hydrogen-bond acceptors (Lipinski definition) is 3. The number of thiazole rings is 1. The van der Waals surface area contributed by atoms with Crippen LogP contribution >= 0.6 is 11.3 Å². The predicted molar refractivity (Wildman–Crippen MR) is 82.8 cm³/mol. The maximum atomic E-state index is 4.50. The molecule has 0 saturated carbocycles. The zero-order valence-electron chi connectivity index (χ0n) is 12.4. The van der Waals surface area contributed by atoms with Gasteiger partial charge in [0.1, 0.15) is 0 Å². The van der Waals surface area contributed by atoms with Crippen LogP contribution in [0.2, 0.25) is 0 Å². The van der Waals surface area contributed by atoms with E-state index in [0.717, 1.165) is 17.2 Å². The average Bonchev–Trinajstić information content (AvgIpc) is 2.67. The zero-order valence-corrected chi connectivity index (χ0v) is 13.2. The van der Waals surface area contributed by atoms with Gasteiger partial charge in [-0.1, -0.05) is 18.2 Å². The van der Waals surface area contributed by atoms with E-state index in [1.54, 1.807) is 11.3 Å². The first kappa shape index (κ1) is 14.2. The molecule has 0 amide bonds. The van der Waals surface area contributed by atoms with Crippen molar-refractivity contribution < 1.29 is 0 Å². The van der Waals surface area contributed by atoms with Gasteiger partial charge in [-0.2, -0.15) is 0 Å². The predicted octanol–water partition coefficient (Wildman–Crippen LogP) is 4.23. The number of benzene rings is 1. The molecule has 1 atom stereocenters. The van der Waals surface area contributed by atoms with Crippen molar-refractivity contribution in [3.05, 3.63) is 50.5 Å². The van der Waals surface area contributed by atoms with Crippen molar-refractivity contribution in [2.24, 2.45) is 0 Å². The summed E-state index contributed by atoms with van der Waals surface area (Å²) in [5.74, 6) is 0. The van der Waals surface area contributed by atoms with E-state index in [1.807, 2.05) is 0 Å². The Bertz CT molecular complexity index is 552. The number of nitrogens with one attached hydrogen (secondary N) is 1. The smallest absolute Gasteiger partial charge is 0.0900 e. The molecule has 19 heavy (non-hydrogen) atoms. The van der Waals surface area contributed by atoms with Crippen LogP contribution in [0.25, 0.3) is 0 Å². The first-order valence-corrected chi connectivity index (χ1v) is 7.53. The highest BCUT2D eigenvalue weighted by Crippen LogP contribution is 2.25. The Morgan fingerprint density at radius 1 is 1.16 bits per heavy atom. The topological polar surface area (TPSA) is 24.9 Å². The van der Waals surface area contributed by atoms with Crippen molar-refractivity contribution >= 4 is 11.3 Å². The van der Waals surface area contributed by atoms with Gasteiger partial charge in [-0.05, 0) is 51.3 Å². The van der Waals surface area contributed by atoms with E-state index in [-0.39, 0.29) is 0 Å². The van der Waals surface area contributed by atoms with E-state index in [9.17, 15) is 0 Å². The summed E-state index contributed by atoms with van der Waals surface area (Å²) < 4.78 is 0. The van der Waals surface area contributed by atoms with E-state index in [0.29, 0.717) is 6.04 Å². The minimum absolute atomic E-state index is 0.352. The molecule has 0 saturated heterocycles. The van der Waals surface area contributed by atoms with Gasteiger partial charge in [0.15, 0.2) is 0 Å². The van der Waals surface area contributed by atoms with Crippen molar-refractivity contribution in [3.63, 3.8) is 0 Å². The van der Waals surface area contributed by atoms with Crippen LogP contribution in [-0.2, 0) is 6.54 Å². The third-order valence-corrected chi connectivity index (χ3v) is 4.82. The third-order valence-electron chi connectivity index (χ3n) is 3.56. The summed E-state index contributed by atoms with van der Waals surface area (Å²) >= 11 is 1.79. The molecule has 0 aliphatic rings. The molecule has 0 radical (unpaired) electrons. The van der Waals surface area contributed by atoms with Crippen LogP contribution in [0.4, 0.5) is 0 Å². The quantitative estimate of drug-likeness (QED) is 0.902. The number of nitrogens with zero attached hydrogens (tertiary/aromatic N) is 1. The number of aromatic nitrogens is 1. The third kappa shape index (κ3) is 3.23. The number of hydrogen-bond donors (Lipinski definition) is 1. The molecule has 3 heteroatoms. The number of rotatable bonds is 4. The lowest BCUT2D eigenvalue weighted by Crippen LogP contribution is -2.19. The first-order chi connectivity index (χ1) is 8.99. The second-order valence-electron chi connectivity index (χ2n) is 5.16. The molecule has 102 valence electrons. The van der Waals surface area contributed by atoms with Crippen LogP contribution in [-0.4, -0.2) is 4.98 Å². The van der Waals surface area contributed by atoms with Crippen LogP contribution < -0.4 is 5.32 Å². The van der Waals surface area contributed by atoms with Gasteiger partial charge < -0.3 is 5.32 Å². The minimum Gasteiger partial charge on any atom is -0.305 e. The van der Waals surface area contributed by atoms with Gasteiger partial charge >= 0.3 is 0 Å². The first-order valence-electron chi connectivity index (χ1n) is 6.71. The summed E-state index contributed by atoms with van der Waals surface area (Å²) in [5.41, 5.74) is 5.28. The van der Waals surface area contributed by atoms with Gasteiger partial charge in [-0.3, -0.25) is 0 Å². The molecular weight excluding hydrogens is 252 g/mol. The van der Waals surface area contributed by atoms with Crippen molar-refractivity contribution in [3.8, 4) is 0 Å². The van der Waals surface area contributed by atoms with Crippen LogP contribution in [0.5, 0.6) is 0 Å². The Hall–Kier alpha value is -1.19. The lowest BCUT2D eigenvalue weighted by molar-refractivity contribution is 0.577. The van der Waals surface area contributed by atoms with Crippen LogP contribution in [0, 0.1) is 27.7 Å². The molecule has 2 aromatic rings. The van der Waals surface area contributed by atoms with E-state index in [4.69, 9.17) is 0 Å². The molecule has 0 bridgehead atoms. The molecule has 0 spiro atoms. The summed E-state index contributed by atoms with van der Waals surface area (Å²) in [6, 6.07) is 6.83. The molecular formula is C16H22N2S. The highest BCUT2D eigenvalue weighted by Gasteiger charge is 2.13. The molecule has 1 heterocycles. The summed E-state index contributed by atoms with van der Waals surface area (Å²) in [4.78, 5) is 5.85. The molecule has 0 fully saturated rings. The second kappa shape index (κ2) is 5.85. The summed E-state index contributed by atoms with van der Waals surface area (Å²) in [7, 11) is 0. The van der Waals surface area contributed by atoms with Gasteiger partial charge in [-0.15, -0.1) is 11.3 Å². The van der Waals surface area contributed by atoms with Crippen LogP contribution in [0.1, 0.15) is 45.2 Å². The Balaban J connectivity index is 2.08. The molecule has 0 aliphatic carbocycles. The lowest BCUT2D eigenvalue weighted by atomic mass is 10.0. The van der Waals surface area contributed by atoms with E-state index >= 15 is 0 Å². The number of aryl methyl sites for hydroxylation is 4. The SMILES string of the molecule is Cc1nc(C)c(C(C)NCc2c(C)cccc2C)s1. The fourth-order valence-electron chi connectivity index (χ4n) is 2.42. The van der Waals surface area contributed by atoms with E-state index in [1.165, 1.54) is 21.6 Å². The normalized spacial score (nSPS) is 12.7. The molecule has 1 aromatic carbocycles. The molecule has 2 rings (SSSR count). The molecule has 2 nitrogen and oxygen atoms in total. The van der Waals surface area contributed by atoms with Crippen molar-refractivity contribution in [1.29, 1.82) is 0 Å². The van der Waals surface area contributed by atoms with Gasteiger partial charge in [0, 0.05) is 17.5 Å². The molecule has 0 aliphatic heterocycles. The average molecular weight is 274 g/mol. The van der Waals surface area contributed by atoms with Crippen molar-refractivity contribution in [1.82, 2.24) is 10.3 Å². The van der Waals surface area contributed by atoms with Gasteiger partial charge in [0.25, 0.3) is 0 Å². The molecule has 1 N–H and O–H groups in total. The Morgan fingerprint density at radius 2 is 1.79 bits per heavy atom. The maximum Gasteiger partial charge on any atom is 0.0900 e. The van der Waals surface area contributed by atoms with E-state index in [2.05, 4.69) is 63.1 Å². The molecule has 1 aromatic heterocycles. The standard InChI is InChI=1S/C16H22N2S/c1-10-7-6-8-11(2)15(10)9-17-12(3)16-13(4)18-14(5)19-16/h6-8,12,17H,9H2,1-5H3. The fraction of sp³-hybridized carbons (Fsp3) is 0.438. The Labute approximate surface area is 119 Å². The van der Waals surface area contributed by atoms with Crippen molar-refractivity contribution in [2.45, 2.75) is 47.2 Å². The highest BCUT2D eigenvalue weighted by molar-refractivity contribution is 7.11. The summed E-state index contributed by atoms with van der Waals surface area (Å²) in [6.45, 7) is 11.6. The lowest BCUT2D eigenvalue weighted by Gasteiger charge is -2.16. The Morgan fingerprint density at radius 3 is 2.32 bits per heavy atom. The van der Waals surface area contributed by atoms with Crippen LogP contribution in [0.3, 0.4) is 0 Å². The fourth-order valence-corrected chi connectivity index (χ4v) is 3.38. The summed E-state index contributed by atoms with van der Waals surface area (Å²) in [6.07, 6.45) is 0. The second-order valence-corrected chi connectivity index (χ2v) is 6.39. The minimum atomic E-state index is 0.352. The van der Waals surface area contributed by atoms with Gasteiger partial charge in [-0.25, -0.2) is 4.98 Å². The molecule has 1 unspecified atom stereocenters. The van der Waals surface area contributed by atoms with Gasteiger partial charge in [0.05, 0.1) is 10.7 Å². The van der Waals surface area contributed by atoms with Crippen LogP contribution in [0.15, 0.2) is 18.2 Å². The van der Waals surface area contributed by atoms with E-state index < -0.39 is 0 Å². The van der Waals surface area contributed by atoms with Crippen molar-refractivity contribution in [2.75, 3.05) is 0 Å². The zero-order chi connectivity index (χ0) is 14.0. The summed E-state index contributed by atoms with van der Waals surface area (Å²) in [5, 5.41) is 4.77. The maximum absolute atomic E-state index is 4.50. The Kier molecular flexibility index (Phi) is 4.38. The largest absolute Gasteiger partial charge is 0.305 e.